The number of amides is 2. The molecule has 0 radical (unpaired) electrons. The van der Waals surface area contributed by atoms with E-state index in [0.29, 0.717) is 23.2 Å². The zero-order valence-corrected chi connectivity index (χ0v) is 19.7. The Morgan fingerprint density at radius 3 is 2.26 bits per heavy atom. The minimum absolute atomic E-state index is 0.0121. The van der Waals surface area contributed by atoms with E-state index < -0.39 is 21.0 Å². The van der Waals surface area contributed by atoms with Crippen molar-refractivity contribution < 1.29 is 18.0 Å². The Labute approximate surface area is 191 Å². The quantitative estimate of drug-likeness (QED) is 0.545. The summed E-state index contributed by atoms with van der Waals surface area (Å²) >= 11 is 3.30. The molecule has 9 heteroatoms. The van der Waals surface area contributed by atoms with Crippen molar-refractivity contribution in [2.45, 2.75) is 67.8 Å². The summed E-state index contributed by atoms with van der Waals surface area (Å²) in [5.74, 6) is 0.539. The second-order valence-corrected chi connectivity index (χ2v) is 12.6. The third-order valence-electron chi connectivity index (χ3n) is 8.19. The highest BCUT2D eigenvalue weighted by atomic mass is 79.9. The molecule has 6 rings (SSSR count). The van der Waals surface area contributed by atoms with Crippen LogP contribution in [0.4, 0.5) is 0 Å². The maximum atomic E-state index is 13.4. The first-order valence-electron chi connectivity index (χ1n) is 11.0. The van der Waals surface area contributed by atoms with E-state index >= 15 is 0 Å². The maximum absolute atomic E-state index is 13.4. The predicted octanol–water partition coefficient (Wildman–Crippen LogP) is 2.45. The highest BCUT2D eigenvalue weighted by molar-refractivity contribution is 9.10. The summed E-state index contributed by atoms with van der Waals surface area (Å²) in [7, 11) is -3.86. The Bertz CT molecular complexity index is 1020. The van der Waals surface area contributed by atoms with E-state index in [9.17, 15) is 18.0 Å². The van der Waals surface area contributed by atoms with Crippen LogP contribution in [0.25, 0.3) is 0 Å². The molecule has 7 nitrogen and oxygen atoms in total. The van der Waals surface area contributed by atoms with Crippen molar-refractivity contribution in [1.29, 1.82) is 0 Å². The summed E-state index contributed by atoms with van der Waals surface area (Å²) in [4.78, 5) is 25.7. The topological polar surface area (TPSA) is 118 Å². The second-order valence-electron chi connectivity index (χ2n) is 10.1. The Kier molecular flexibility index (Phi) is 5.03. The number of nitrogens with one attached hydrogen (secondary N) is 2. The van der Waals surface area contributed by atoms with Crippen molar-refractivity contribution in [1.82, 2.24) is 10.0 Å². The Morgan fingerprint density at radius 2 is 1.71 bits per heavy atom. The number of benzene rings is 1. The van der Waals surface area contributed by atoms with Crippen molar-refractivity contribution in [2.24, 2.45) is 28.9 Å². The van der Waals surface area contributed by atoms with Gasteiger partial charge in [-0.2, -0.15) is 4.72 Å². The number of sulfonamides is 1. The van der Waals surface area contributed by atoms with Crippen molar-refractivity contribution in [3.63, 3.8) is 0 Å². The molecule has 1 aromatic carbocycles. The average Bonchev–Trinajstić information content (AvgIpc) is 2.67. The van der Waals surface area contributed by atoms with Crippen LogP contribution < -0.4 is 15.8 Å². The lowest BCUT2D eigenvalue weighted by Crippen LogP contribution is -2.68. The van der Waals surface area contributed by atoms with Crippen LogP contribution in [-0.4, -0.2) is 31.8 Å². The van der Waals surface area contributed by atoms with Gasteiger partial charge >= 0.3 is 0 Å². The first-order chi connectivity index (χ1) is 14.6. The molecule has 0 saturated heterocycles. The summed E-state index contributed by atoms with van der Waals surface area (Å²) in [6.45, 7) is 0. The number of halogens is 1. The molecular formula is C22H28BrN3O4S. The van der Waals surface area contributed by atoms with Gasteiger partial charge in [0.25, 0.3) is 0 Å². The number of hydrogen-bond acceptors (Lipinski definition) is 4. The highest BCUT2D eigenvalue weighted by Gasteiger charge is 2.59. The minimum Gasteiger partial charge on any atom is -0.369 e. The molecule has 0 spiro atoms. The summed E-state index contributed by atoms with van der Waals surface area (Å²) in [6, 6.07) is 6.60. The third-order valence-corrected chi connectivity index (χ3v) is 10.7. The molecule has 0 aliphatic heterocycles. The Balaban J connectivity index is 1.34. The van der Waals surface area contributed by atoms with Crippen molar-refractivity contribution in [3.05, 3.63) is 28.7 Å². The lowest BCUT2D eigenvalue weighted by Gasteiger charge is -2.59. The second kappa shape index (κ2) is 7.28. The fraction of sp³-hybridized carbons (Fsp3) is 0.636. The number of carbonyl (C=O) groups is 2. The molecule has 5 fully saturated rings. The van der Waals surface area contributed by atoms with Gasteiger partial charge in [-0.15, -0.1) is 0 Å². The lowest BCUT2D eigenvalue weighted by molar-refractivity contribution is -0.149. The zero-order valence-electron chi connectivity index (χ0n) is 17.3. The monoisotopic (exact) mass is 509 g/mol. The summed E-state index contributed by atoms with van der Waals surface area (Å²) in [5, 5.41) is 3.22. The number of hydrogen-bond donors (Lipinski definition) is 3. The van der Waals surface area contributed by atoms with E-state index in [1.54, 1.807) is 18.2 Å². The fourth-order valence-corrected chi connectivity index (χ4v) is 9.16. The van der Waals surface area contributed by atoms with Gasteiger partial charge in [-0.25, -0.2) is 8.42 Å². The molecule has 5 aliphatic rings. The van der Waals surface area contributed by atoms with Gasteiger partial charge in [0.1, 0.15) is 5.54 Å². The van der Waals surface area contributed by atoms with Crippen molar-refractivity contribution in [3.8, 4) is 0 Å². The van der Waals surface area contributed by atoms with Crippen molar-refractivity contribution >= 4 is 37.8 Å². The van der Waals surface area contributed by atoms with Crippen LogP contribution in [0.5, 0.6) is 0 Å². The molecule has 1 aromatic rings. The average molecular weight is 510 g/mol. The smallest absolute Gasteiger partial charge is 0.242 e. The van der Waals surface area contributed by atoms with Gasteiger partial charge in [0.15, 0.2) is 0 Å². The zero-order chi connectivity index (χ0) is 22.0. The number of rotatable bonds is 6. The van der Waals surface area contributed by atoms with Gasteiger partial charge in [-0.1, -0.05) is 12.1 Å². The predicted molar refractivity (Wildman–Crippen MR) is 118 cm³/mol. The van der Waals surface area contributed by atoms with Crippen LogP contribution >= 0.6 is 15.9 Å². The molecule has 2 amide bonds. The van der Waals surface area contributed by atoms with Gasteiger partial charge < -0.3 is 11.1 Å². The molecule has 0 heterocycles. The first-order valence-corrected chi connectivity index (χ1v) is 13.3. The normalized spacial score (nSPS) is 35.4. The Hall–Kier alpha value is -1.45. The van der Waals surface area contributed by atoms with E-state index in [1.807, 2.05) is 0 Å². The van der Waals surface area contributed by atoms with E-state index in [-0.39, 0.29) is 34.6 Å². The molecule has 168 valence electrons. The highest BCUT2D eigenvalue weighted by Crippen LogP contribution is 2.60. The van der Waals surface area contributed by atoms with Gasteiger partial charge in [0, 0.05) is 15.9 Å². The van der Waals surface area contributed by atoms with Crippen LogP contribution in [-0.2, 0) is 19.6 Å². The molecule has 31 heavy (non-hydrogen) atoms. The Morgan fingerprint density at radius 1 is 1.06 bits per heavy atom. The van der Waals surface area contributed by atoms with Gasteiger partial charge in [0.05, 0.1) is 4.90 Å². The molecule has 2 atom stereocenters. The largest absolute Gasteiger partial charge is 0.369 e. The number of carbonyl (C=O) groups excluding carboxylic acids is 2. The molecule has 4 N–H and O–H groups in total. The van der Waals surface area contributed by atoms with E-state index in [2.05, 4.69) is 26.0 Å². The van der Waals surface area contributed by atoms with E-state index in [1.165, 1.54) is 6.07 Å². The van der Waals surface area contributed by atoms with Gasteiger partial charge in [0.2, 0.25) is 21.8 Å². The summed E-state index contributed by atoms with van der Waals surface area (Å²) < 4.78 is 29.3. The maximum Gasteiger partial charge on any atom is 0.242 e. The van der Waals surface area contributed by atoms with E-state index in [0.717, 1.165) is 38.5 Å². The van der Waals surface area contributed by atoms with Crippen LogP contribution in [0.2, 0.25) is 0 Å². The molecule has 0 aromatic heterocycles. The SMILES string of the molecule is NC(=O)C12CC3CC(C1)C(NC(=O)C1(NS(=O)(=O)c4ccccc4Br)CCC1)C(C3)C2. The van der Waals surface area contributed by atoms with Crippen LogP contribution in [0.1, 0.15) is 51.4 Å². The molecule has 5 aliphatic carbocycles. The number of nitrogens with two attached hydrogens (primary N) is 1. The van der Waals surface area contributed by atoms with Crippen LogP contribution in [0, 0.1) is 23.2 Å². The van der Waals surface area contributed by atoms with Crippen LogP contribution in [0.15, 0.2) is 33.6 Å². The summed E-state index contributed by atoms with van der Waals surface area (Å²) in [6.07, 6.45) is 6.13. The fourth-order valence-electron chi connectivity index (χ4n) is 6.73. The lowest BCUT2D eigenvalue weighted by atomic mass is 9.47. The number of primary amides is 1. The molecule has 4 bridgehead atoms. The van der Waals surface area contributed by atoms with Gasteiger partial charge in [-0.05, 0) is 97.2 Å². The third kappa shape index (κ3) is 3.43. The van der Waals surface area contributed by atoms with Crippen LogP contribution in [0.3, 0.4) is 0 Å². The van der Waals surface area contributed by atoms with Crippen molar-refractivity contribution in [2.75, 3.05) is 0 Å². The first kappa shape index (κ1) is 21.4. The molecule has 5 saturated carbocycles. The standard InChI is InChI=1S/C22H28BrN3O4S/c23-16-4-1-2-5-17(16)31(29,30)26-22(6-3-7-22)20(28)25-18-14-8-13-9-15(18)12-21(10-13,11-14)19(24)27/h1-2,4-5,13-15,18,26H,3,6-12H2,(H2,24,27)(H,25,28). The molecule has 2 unspecified atom stereocenters. The molecular weight excluding hydrogens is 482 g/mol. The summed E-state index contributed by atoms with van der Waals surface area (Å²) in [5.41, 5.74) is 4.25. The van der Waals surface area contributed by atoms with Gasteiger partial charge in [-0.3, -0.25) is 9.59 Å². The van der Waals surface area contributed by atoms with E-state index in [4.69, 9.17) is 5.73 Å². The minimum atomic E-state index is -3.86.